The van der Waals surface area contributed by atoms with Gasteiger partial charge in [-0.25, -0.2) is 0 Å². The van der Waals surface area contributed by atoms with Gasteiger partial charge < -0.3 is 47.4 Å². The third kappa shape index (κ3) is 30.1. The van der Waals surface area contributed by atoms with Crippen molar-refractivity contribution < 1.29 is 47.4 Å². The van der Waals surface area contributed by atoms with Gasteiger partial charge in [-0.15, -0.1) is 0 Å². The predicted molar refractivity (Wildman–Crippen MR) is 591 cm³/mol. The zero-order valence-electron chi connectivity index (χ0n) is 87.4. The first-order chi connectivity index (χ1) is 70.1. The number of rotatable bonds is 26. The quantitative estimate of drug-likeness (QED) is 0.0522. The minimum absolute atomic E-state index is 0.123. The van der Waals surface area contributed by atoms with E-state index in [1.165, 1.54) is 260 Å². The topological polar surface area (TPSA) is 92.3 Å². The Morgan fingerprint density at radius 2 is 0.570 bits per heavy atom. The van der Waals surface area contributed by atoms with Gasteiger partial charge in [0.15, 0.2) is 0 Å². The largest absolute Gasteiger partial charge is 0.381 e. The predicted octanol–water partition coefficient (Wildman–Crippen LogP) is 31.7. The minimum atomic E-state index is 0.123. The molecule has 10 aliphatic carbocycles. The molecule has 6 atom stereocenters. The normalized spacial score (nSPS) is 18.2. The average Bonchev–Trinajstić information content (AvgIpc) is 1.63. The summed E-state index contributed by atoms with van der Waals surface area (Å²) in [6, 6.07) is 104. The lowest BCUT2D eigenvalue weighted by atomic mass is 9.84. The van der Waals surface area contributed by atoms with Crippen molar-refractivity contribution >= 4 is 21.5 Å². The van der Waals surface area contributed by atoms with E-state index in [1.54, 1.807) is 5.56 Å². The van der Waals surface area contributed by atoms with Gasteiger partial charge in [0.05, 0.1) is 38.1 Å². The second-order valence-electron chi connectivity index (χ2n) is 39.2. The lowest BCUT2D eigenvalue weighted by Gasteiger charge is -2.24. The van der Waals surface area contributed by atoms with Crippen molar-refractivity contribution in [3.63, 3.8) is 0 Å². The summed E-state index contributed by atoms with van der Waals surface area (Å²) < 4.78 is 56.1. The molecule has 6 unspecified atom stereocenters. The van der Waals surface area contributed by atoms with Crippen LogP contribution in [0.25, 0.3) is 43.8 Å². The van der Waals surface area contributed by atoms with Crippen LogP contribution in [0.1, 0.15) is 282 Å². The van der Waals surface area contributed by atoms with E-state index in [0.717, 1.165) is 143 Å². The maximum Gasteiger partial charge on any atom is 0.109 e. The summed E-state index contributed by atoms with van der Waals surface area (Å²) >= 11 is 0. The Morgan fingerprint density at radius 3 is 1.11 bits per heavy atom. The van der Waals surface area contributed by atoms with Crippen molar-refractivity contribution in [1.29, 1.82) is 0 Å². The van der Waals surface area contributed by atoms with Crippen LogP contribution in [0.4, 0.5) is 0 Å². The van der Waals surface area contributed by atoms with Crippen molar-refractivity contribution in [1.82, 2.24) is 0 Å². The van der Waals surface area contributed by atoms with Crippen LogP contribution in [-0.2, 0) is 112 Å². The van der Waals surface area contributed by atoms with Gasteiger partial charge in [0.25, 0.3) is 0 Å². The molecule has 0 saturated heterocycles. The molecule has 10 heteroatoms. The summed E-state index contributed by atoms with van der Waals surface area (Å²) in [4.78, 5) is 0. The second kappa shape index (κ2) is 58.8. The van der Waals surface area contributed by atoms with Crippen molar-refractivity contribution in [3.05, 3.63) is 391 Å². The molecule has 752 valence electrons. The van der Waals surface area contributed by atoms with Crippen LogP contribution in [0.3, 0.4) is 0 Å². The molecule has 10 aliphatic rings. The van der Waals surface area contributed by atoms with Gasteiger partial charge in [-0.3, -0.25) is 0 Å². The van der Waals surface area contributed by atoms with E-state index in [0.29, 0.717) is 30.0 Å². The van der Waals surface area contributed by atoms with Gasteiger partial charge in [0.1, 0.15) is 6.10 Å². The fourth-order valence-corrected chi connectivity index (χ4v) is 22.9. The van der Waals surface area contributed by atoms with E-state index in [-0.39, 0.29) is 12.2 Å². The lowest BCUT2D eigenvalue weighted by molar-refractivity contribution is 0.0500. The fraction of sp³-hybridized carbons (Fsp3) is 0.439. The van der Waals surface area contributed by atoms with Crippen LogP contribution < -0.4 is 0 Å². The Hall–Kier alpha value is -10.0. The van der Waals surface area contributed by atoms with E-state index < -0.39 is 0 Å². The summed E-state index contributed by atoms with van der Waals surface area (Å²) in [6.45, 7) is 34.2. The number of benzene rings is 13. The van der Waals surface area contributed by atoms with E-state index in [1.807, 2.05) is 13.8 Å². The molecule has 13 aromatic carbocycles. The maximum absolute atomic E-state index is 5.86. The first-order valence-corrected chi connectivity index (χ1v) is 54.7. The van der Waals surface area contributed by atoms with E-state index >= 15 is 0 Å². The summed E-state index contributed by atoms with van der Waals surface area (Å²) in [7, 11) is 0. The van der Waals surface area contributed by atoms with Gasteiger partial charge in [0, 0.05) is 110 Å². The molecule has 0 heterocycles. The van der Waals surface area contributed by atoms with Gasteiger partial charge >= 0.3 is 0 Å². The zero-order valence-corrected chi connectivity index (χ0v) is 87.4. The summed E-state index contributed by atoms with van der Waals surface area (Å²) in [5, 5.41) is 5.59. The van der Waals surface area contributed by atoms with Gasteiger partial charge in [-0.2, -0.15) is 0 Å². The highest BCUT2D eigenvalue weighted by molar-refractivity contribution is 5.92. The zero-order chi connectivity index (χ0) is 98.7. The van der Waals surface area contributed by atoms with Crippen molar-refractivity contribution in [2.75, 3.05) is 106 Å². The molecule has 0 bridgehead atoms. The number of hydrogen-bond donors (Lipinski definition) is 0. The van der Waals surface area contributed by atoms with Gasteiger partial charge in [0.2, 0.25) is 0 Å². The Morgan fingerprint density at radius 1 is 0.204 bits per heavy atom. The Bertz CT molecular complexity index is 5750. The first-order valence-electron chi connectivity index (χ1n) is 54.7. The van der Waals surface area contributed by atoms with Gasteiger partial charge in [-0.05, 0) is 334 Å². The average molecular weight is 1910 g/mol. The van der Waals surface area contributed by atoms with Crippen molar-refractivity contribution in [3.8, 4) is 22.3 Å². The van der Waals surface area contributed by atoms with Crippen LogP contribution in [0, 0.1) is 17.8 Å². The molecule has 23 rings (SSSR count). The van der Waals surface area contributed by atoms with Crippen LogP contribution >= 0.6 is 0 Å². The highest BCUT2D eigenvalue weighted by Crippen LogP contribution is 2.48. The summed E-state index contributed by atoms with van der Waals surface area (Å²) in [5.41, 5.74) is 31.6. The number of hydrogen-bond acceptors (Lipinski definition) is 10. The Labute approximate surface area is 853 Å². The highest BCUT2D eigenvalue weighted by Gasteiger charge is 2.32. The van der Waals surface area contributed by atoms with E-state index in [9.17, 15) is 0 Å². The Kier molecular flexibility index (Phi) is 44.6. The highest BCUT2D eigenvalue weighted by atomic mass is 16.5. The van der Waals surface area contributed by atoms with Crippen LogP contribution in [-0.4, -0.2) is 112 Å². The molecule has 142 heavy (non-hydrogen) atoms. The lowest BCUT2D eigenvalue weighted by Crippen LogP contribution is -2.22. The molecule has 10 nitrogen and oxygen atoms in total. The third-order valence-electron chi connectivity index (χ3n) is 29.8. The number of fused-ring (bicyclic) bond motifs is 11. The molecule has 0 amide bonds. The third-order valence-corrected chi connectivity index (χ3v) is 29.8. The molecular formula is C132H164O10. The molecular weight excluding hydrogens is 1750 g/mol. The van der Waals surface area contributed by atoms with Crippen LogP contribution in [0.2, 0.25) is 0 Å². The van der Waals surface area contributed by atoms with Gasteiger partial charge in [-0.1, -0.05) is 323 Å². The first kappa shape index (κ1) is 108. The minimum Gasteiger partial charge on any atom is -0.381 e. The summed E-state index contributed by atoms with van der Waals surface area (Å²) in [5.74, 6) is 3.94. The monoisotopic (exact) mass is 1910 g/mol. The summed E-state index contributed by atoms with van der Waals surface area (Å²) in [6.07, 6.45) is 29.2. The molecule has 0 aromatic heterocycles. The van der Waals surface area contributed by atoms with E-state index in [4.69, 9.17) is 47.4 Å². The molecule has 1 fully saturated rings. The molecule has 1 saturated carbocycles. The molecule has 0 spiro atoms. The van der Waals surface area contributed by atoms with E-state index in [2.05, 4.69) is 347 Å². The smallest absolute Gasteiger partial charge is 0.109 e. The Balaban J connectivity index is 0.000000126. The molecule has 0 radical (unpaired) electrons. The van der Waals surface area contributed by atoms with Crippen molar-refractivity contribution in [2.45, 2.75) is 253 Å². The maximum atomic E-state index is 5.86. The SMILES string of the molecule is CCOC1CCCc2ccccc21.CCOC1CCc2ccccc2C1.CCOC1Cc2cccc3cccc1c23.CCOC1c2ccccc2-c2ccccc21.CCOCC1CCCCCCC1.CCOCC1CCc2ccccc21.CCOCC1CCc2ccccc2C1.CCOCC1Cc2cccc3cccc1c23.CCOCC1Cc2ccccc2C1.CCOCC1c2ccccc2-c2ccccc21. The standard InChI is InChI=1S/C16H16O.C15H16O.C15H14O.C14H14O.C13H18O.4C12H16O.C11H22O/c1-2-17-11-16-14-9-5-3-7-12(14)13-8-4-6-10-15(13)16;1-2-16-10-13-9-12-7-3-5-11-6-4-8-14(13)15(11)12;1-2-16-15-13-9-5-3-7-11(13)12-8-4-6-10-14(12)15;1-2-15-13-9-11-7-3-5-10-6-4-8-12(13)14(10)11;1-2-14-10-11-7-8-12-5-3-4-6-13(12)9-11;1-2-13-12-9-5-7-10-6-3-4-8-11(10)12;1-2-13-9-10-7-11-5-3-4-6-12(11)8-10;1-2-13-9-11-8-7-10-5-3-4-6-12(10)11;1-2-13-12-8-7-10-5-3-4-6-11(10)9-12;1-2-12-10-11-8-6-4-3-5-7-9-11/h3-10,16H,2,11H2,1H3;3-8,13H,2,9-10H2,1H3;3-10,15H,2H2,1H3;3-8,13H,2,9H2,1H3;3-6,11H,2,7-10H2,1H3;3-4,6,8,12H,2,5,7,9H2,1H3;3-6,10H,2,7-9H2,1H3;3-6,11H,2,7-9H2,1H3;3-6,12H,2,7-9H2,1H3;11H,2-10H2,1H3. The molecule has 13 aromatic rings. The molecule has 0 N–H and O–H groups in total. The van der Waals surface area contributed by atoms with Crippen molar-refractivity contribution in [2.24, 2.45) is 17.8 Å². The van der Waals surface area contributed by atoms with Crippen LogP contribution in [0.15, 0.2) is 291 Å². The second-order valence-corrected chi connectivity index (χ2v) is 39.2. The number of aryl methyl sites for hydroxylation is 4. The number of ether oxygens (including phenoxy) is 10. The van der Waals surface area contributed by atoms with Crippen LogP contribution in [0.5, 0.6) is 0 Å². The fourth-order valence-electron chi connectivity index (χ4n) is 22.9. The molecule has 0 aliphatic heterocycles.